The minimum absolute atomic E-state index is 0.00378. The van der Waals surface area contributed by atoms with Gasteiger partial charge in [0.1, 0.15) is 11.5 Å². The molecule has 0 bridgehead atoms. The molecule has 0 aromatic heterocycles. The highest BCUT2D eigenvalue weighted by atomic mass is 16.5. The zero-order valence-corrected chi connectivity index (χ0v) is 17.3. The van der Waals surface area contributed by atoms with Gasteiger partial charge < -0.3 is 24.3 Å². The number of amides is 1. The van der Waals surface area contributed by atoms with Crippen molar-refractivity contribution in [2.24, 2.45) is 0 Å². The van der Waals surface area contributed by atoms with Crippen LogP contribution in [0.1, 0.15) is 30.1 Å². The van der Waals surface area contributed by atoms with E-state index in [1.807, 2.05) is 48.5 Å². The summed E-state index contributed by atoms with van der Waals surface area (Å²) in [6.45, 7) is 1.49. The van der Waals surface area contributed by atoms with Crippen molar-refractivity contribution in [2.45, 2.75) is 24.4 Å². The first-order valence-electron chi connectivity index (χ1n) is 9.80. The lowest BCUT2D eigenvalue weighted by molar-refractivity contribution is -0.131. The molecule has 1 N–H and O–H groups in total. The lowest BCUT2D eigenvalue weighted by atomic mass is 9.73. The Morgan fingerprint density at radius 1 is 1.03 bits per heavy atom. The fraction of sp³-hybridized carbons (Fsp3) is 0.435. The van der Waals surface area contributed by atoms with E-state index in [0.29, 0.717) is 32.6 Å². The van der Waals surface area contributed by atoms with E-state index in [1.165, 1.54) is 0 Å². The van der Waals surface area contributed by atoms with Gasteiger partial charge in [0.2, 0.25) is 5.91 Å². The average molecular weight is 399 g/mol. The Bertz CT molecular complexity index is 799. The molecule has 2 aromatic carbocycles. The van der Waals surface area contributed by atoms with E-state index in [4.69, 9.17) is 18.9 Å². The van der Waals surface area contributed by atoms with Gasteiger partial charge in [0.25, 0.3) is 0 Å². The van der Waals surface area contributed by atoms with Crippen molar-refractivity contribution < 1.29 is 23.7 Å². The van der Waals surface area contributed by atoms with Crippen molar-refractivity contribution in [3.8, 4) is 11.5 Å². The number of rotatable bonds is 8. The standard InChI is InChI=1S/C23H29NO5/c1-26-19-9-7-18(8-10-19)23(11-13-29-14-12-23)22(25)24-16-21(28-3)17-5-4-6-20(15-17)27-2/h4-10,15,21H,11-14,16H2,1-3H3,(H,24,25). The highest BCUT2D eigenvalue weighted by Crippen LogP contribution is 2.36. The van der Waals surface area contributed by atoms with Crippen molar-refractivity contribution in [1.82, 2.24) is 5.32 Å². The number of ether oxygens (including phenoxy) is 4. The molecule has 0 aliphatic carbocycles. The second kappa shape index (κ2) is 9.76. The molecule has 156 valence electrons. The van der Waals surface area contributed by atoms with Gasteiger partial charge >= 0.3 is 0 Å². The Hall–Kier alpha value is -2.57. The van der Waals surface area contributed by atoms with Crippen molar-refractivity contribution in [3.05, 3.63) is 59.7 Å². The van der Waals surface area contributed by atoms with E-state index in [0.717, 1.165) is 22.6 Å². The van der Waals surface area contributed by atoms with Gasteiger partial charge in [-0.1, -0.05) is 24.3 Å². The molecule has 1 saturated heterocycles. The van der Waals surface area contributed by atoms with E-state index in [2.05, 4.69) is 5.32 Å². The maximum absolute atomic E-state index is 13.4. The van der Waals surface area contributed by atoms with Crippen LogP contribution in [0.15, 0.2) is 48.5 Å². The molecule has 1 aliphatic rings. The largest absolute Gasteiger partial charge is 0.497 e. The summed E-state index contributed by atoms with van der Waals surface area (Å²) < 4.78 is 21.7. The lowest BCUT2D eigenvalue weighted by Gasteiger charge is -2.36. The lowest BCUT2D eigenvalue weighted by Crippen LogP contribution is -2.49. The van der Waals surface area contributed by atoms with Gasteiger partial charge in [0, 0.05) is 26.9 Å². The van der Waals surface area contributed by atoms with E-state index in [9.17, 15) is 4.79 Å². The third-order valence-corrected chi connectivity index (χ3v) is 5.62. The van der Waals surface area contributed by atoms with Crippen LogP contribution in [0.2, 0.25) is 0 Å². The van der Waals surface area contributed by atoms with E-state index in [1.54, 1.807) is 21.3 Å². The molecule has 1 amide bonds. The Kier molecular flexibility index (Phi) is 7.12. The summed E-state index contributed by atoms with van der Waals surface area (Å²) in [5, 5.41) is 3.12. The Labute approximate surface area is 172 Å². The van der Waals surface area contributed by atoms with Crippen LogP contribution in [-0.4, -0.2) is 47.0 Å². The van der Waals surface area contributed by atoms with E-state index in [-0.39, 0.29) is 12.0 Å². The molecule has 2 aromatic rings. The molecule has 3 rings (SSSR count). The van der Waals surface area contributed by atoms with Crippen LogP contribution < -0.4 is 14.8 Å². The van der Waals surface area contributed by atoms with Crippen LogP contribution in [0.3, 0.4) is 0 Å². The molecule has 29 heavy (non-hydrogen) atoms. The van der Waals surface area contributed by atoms with Crippen molar-refractivity contribution in [3.63, 3.8) is 0 Å². The predicted molar refractivity (Wildman–Crippen MR) is 110 cm³/mol. The maximum Gasteiger partial charge on any atom is 0.230 e. The summed E-state index contributed by atoms with van der Waals surface area (Å²) in [6, 6.07) is 15.4. The summed E-state index contributed by atoms with van der Waals surface area (Å²) in [7, 11) is 4.91. The van der Waals surface area contributed by atoms with Gasteiger partial charge in [-0.05, 0) is 48.2 Å². The Morgan fingerprint density at radius 2 is 1.72 bits per heavy atom. The SMILES string of the molecule is COc1ccc(C2(C(=O)NCC(OC)c3cccc(OC)c3)CCOCC2)cc1. The molecular weight excluding hydrogens is 370 g/mol. The molecular formula is C23H29NO5. The van der Waals surface area contributed by atoms with Crippen molar-refractivity contribution in [1.29, 1.82) is 0 Å². The van der Waals surface area contributed by atoms with Crippen LogP contribution >= 0.6 is 0 Å². The minimum atomic E-state index is -0.614. The van der Waals surface area contributed by atoms with Crippen molar-refractivity contribution >= 4 is 5.91 Å². The molecule has 1 fully saturated rings. The monoisotopic (exact) mass is 399 g/mol. The highest BCUT2D eigenvalue weighted by Gasteiger charge is 2.41. The summed E-state index contributed by atoms with van der Waals surface area (Å²) >= 11 is 0. The maximum atomic E-state index is 13.4. The topological polar surface area (TPSA) is 66.0 Å². The van der Waals surface area contributed by atoms with Crippen molar-refractivity contribution in [2.75, 3.05) is 41.1 Å². The average Bonchev–Trinajstić information content (AvgIpc) is 2.80. The summed E-state index contributed by atoms with van der Waals surface area (Å²) in [4.78, 5) is 13.4. The molecule has 1 atom stereocenters. The minimum Gasteiger partial charge on any atom is -0.497 e. The molecule has 0 radical (unpaired) electrons. The number of hydrogen-bond acceptors (Lipinski definition) is 5. The van der Waals surface area contributed by atoms with E-state index < -0.39 is 5.41 Å². The van der Waals surface area contributed by atoms with Crippen LogP contribution in [-0.2, 0) is 19.7 Å². The summed E-state index contributed by atoms with van der Waals surface area (Å²) in [5.74, 6) is 1.53. The number of carbonyl (C=O) groups excluding carboxylic acids is 1. The first-order valence-corrected chi connectivity index (χ1v) is 9.80. The molecule has 0 saturated carbocycles. The second-order valence-electron chi connectivity index (χ2n) is 7.13. The van der Waals surface area contributed by atoms with Crippen LogP contribution in [0.4, 0.5) is 0 Å². The number of carbonyl (C=O) groups is 1. The highest BCUT2D eigenvalue weighted by molar-refractivity contribution is 5.88. The van der Waals surface area contributed by atoms with Crippen LogP contribution in [0.5, 0.6) is 11.5 Å². The number of hydrogen-bond donors (Lipinski definition) is 1. The number of nitrogens with one attached hydrogen (secondary N) is 1. The smallest absolute Gasteiger partial charge is 0.230 e. The molecule has 0 spiro atoms. The fourth-order valence-corrected chi connectivity index (χ4v) is 3.81. The predicted octanol–water partition coefficient (Wildman–Crippen LogP) is 3.26. The first-order chi connectivity index (χ1) is 14.1. The molecule has 6 heteroatoms. The molecule has 6 nitrogen and oxygen atoms in total. The van der Waals surface area contributed by atoms with Gasteiger partial charge in [-0.25, -0.2) is 0 Å². The summed E-state index contributed by atoms with van der Waals surface area (Å²) in [5.41, 5.74) is 1.32. The zero-order valence-electron chi connectivity index (χ0n) is 17.3. The van der Waals surface area contributed by atoms with Gasteiger partial charge in [-0.15, -0.1) is 0 Å². The molecule has 1 heterocycles. The molecule has 1 unspecified atom stereocenters. The number of benzene rings is 2. The van der Waals surface area contributed by atoms with Gasteiger partial charge in [0.15, 0.2) is 0 Å². The van der Waals surface area contributed by atoms with Gasteiger partial charge in [0.05, 0.1) is 25.7 Å². The Balaban J connectivity index is 1.77. The van der Waals surface area contributed by atoms with E-state index >= 15 is 0 Å². The first kappa shape index (κ1) is 21.1. The quantitative estimate of drug-likeness (QED) is 0.738. The second-order valence-corrected chi connectivity index (χ2v) is 7.13. The third-order valence-electron chi connectivity index (χ3n) is 5.62. The summed E-state index contributed by atoms with van der Waals surface area (Å²) in [6.07, 6.45) is 1.02. The third kappa shape index (κ3) is 4.71. The zero-order chi connectivity index (χ0) is 20.7. The molecule has 1 aliphatic heterocycles. The van der Waals surface area contributed by atoms with Gasteiger partial charge in [-0.3, -0.25) is 4.79 Å². The Morgan fingerprint density at radius 3 is 2.34 bits per heavy atom. The van der Waals surface area contributed by atoms with Crippen LogP contribution in [0, 0.1) is 0 Å². The number of methoxy groups -OCH3 is 3. The normalized spacial score (nSPS) is 16.7. The fourth-order valence-electron chi connectivity index (χ4n) is 3.81. The van der Waals surface area contributed by atoms with Crippen LogP contribution in [0.25, 0.3) is 0 Å². The van der Waals surface area contributed by atoms with Gasteiger partial charge in [-0.2, -0.15) is 0 Å².